The molecule has 5 atom stereocenters. The second-order valence-electron chi connectivity index (χ2n) is 12.3. The topological polar surface area (TPSA) is 46.2 Å². The smallest absolute Gasteiger partial charge is 0.192 e. The minimum absolute atomic E-state index is 0.337. The van der Waals surface area contributed by atoms with Gasteiger partial charge in [0.05, 0.1) is 26.4 Å². The summed E-state index contributed by atoms with van der Waals surface area (Å²) in [6, 6.07) is 42.7. The van der Waals surface area contributed by atoms with Crippen molar-refractivity contribution in [1.82, 2.24) is 0 Å². The third-order valence-electron chi connectivity index (χ3n) is 9.21. The van der Waals surface area contributed by atoms with Crippen LogP contribution >= 0.6 is 11.8 Å². The van der Waals surface area contributed by atoms with E-state index < -0.39 is 26.6 Å². The average molecular weight is 671 g/mol. The Kier molecular flexibility index (Phi) is 13.7. The van der Waals surface area contributed by atoms with Crippen LogP contribution in [0.2, 0.25) is 18.1 Å². The van der Waals surface area contributed by atoms with E-state index >= 15 is 0 Å². The van der Waals surface area contributed by atoms with Crippen molar-refractivity contribution in [2.24, 2.45) is 0 Å². The van der Waals surface area contributed by atoms with Crippen molar-refractivity contribution >= 4 is 20.1 Å². The van der Waals surface area contributed by atoms with E-state index in [2.05, 4.69) is 88.4 Å². The summed E-state index contributed by atoms with van der Waals surface area (Å²) in [7, 11) is -1.90. The van der Waals surface area contributed by atoms with Gasteiger partial charge in [0.1, 0.15) is 29.9 Å². The summed E-state index contributed by atoms with van der Waals surface area (Å²) < 4.78 is 34.6. The first-order valence-electron chi connectivity index (χ1n) is 17.0. The Hall–Kier alpha value is -2.75. The molecule has 1 aliphatic rings. The van der Waals surface area contributed by atoms with E-state index in [4.69, 9.17) is 23.4 Å². The minimum Gasteiger partial charge on any atom is -0.414 e. The summed E-state index contributed by atoms with van der Waals surface area (Å²) in [6.45, 7) is 10.7. The van der Waals surface area contributed by atoms with Crippen LogP contribution in [-0.2, 0) is 43.2 Å². The first-order chi connectivity index (χ1) is 23.0. The van der Waals surface area contributed by atoms with Crippen LogP contribution in [0.1, 0.15) is 43.0 Å². The molecule has 4 aromatic carbocycles. The molecule has 0 radical (unpaired) electrons. The van der Waals surface area contributed by atoms with E-state index in [9.17, 15) is 0 Å². The van der Waals surface area contributed by atoms with Gasteiger partial charge < -0.3 is 23.4 Å². The largest absolute Gasteiger partial charge is 0.414 e. The van der Waals surface area contributed by atoms with Crippen LogP contribution in [-0.4, -0.2) is 44.8 Å². The van der Waals surface area contributed by atoms with Crippen LogP contribution in [0.5, 0.6) is 0 Å². The molecule has 7 heteroatoms. The molecule has 0 amide bonds. The van der Waals surface area contributed by atoms with Gasteiger partial charge in [0, 0.05) is 4.90 Å². The Morgan fingerprint density at radius 2 is 1.02 bits per heavy atom. The molecule has 1 heterocycles. The quantitative estimate of drug-likeness (QED) is 0.104. The normalized spacial score (nSPS) is 21.5. The van der Waals surface area contributed by atoms with E-state index in [1.54, 1.807) is 11.8 Å². The highest BCUT2D eigenvalue weighted by Gasteiger charge is 2.49. The van der Waals surface area contributed by atoms with Crippen LogP contribution in [0.25, 0.3) is 0 Å². The lowest BCUT2D eigenvalue weighted by molar-refractivity contribution is -0.251. The fourth-order valence-corrected chi connectivity index (χ4v) is 9.80. The van der Waals surface area contributed by atoms with Gasteiger partial charge in [-0.15, -0.1) is 0 Å². The van der Waals surface area contributed by atoms with Gasteiger partial charge in [0.25, 0.3) is 0 Å². The van der Waals surface area contributed by atoms with Gasteiger partial charge >= 0.3 is 0 Å². The summed E-state index contributed by atoms with van der Waals surface area (Å²) in [5, 5.41) is 0. The molecule has 0 spiro atoms. The number of aryl methyl sites for hydroxylation is 1. The fourth-order valence-electron chi connectivity index (χ4n) is 6.04. The van der Waals surface area contributed by atoms with Crippen molar-refractivity contribution in [2.45, 2.75) is 100 Å². The molecule has 0 saturated carbocycles. The third kappa shape index (κ3) is 10.1. The van der Waals surface area contributed by atoms with E-state index in [1.807, 2.05) is 54.6 Å². The SMILES string of the molecule is CC[Si](CC)(CC)OC[C@H]1O[C@H](Sc2ccc(C)cc2)[C@@H](OCc2ccccc2)[C@@H](OCc2ccccc2)[C@@H]1OCc1ccccc1. The molecular formula is C40H50O5SSi. The maximum absolute atomic E-state index is 7.06. The van der Waals surface area contributed by atoms with Crippen LogP contribution < -0.4 is 0 Å². The lowest BCUT2D eigenvalue weighted by Gasteiger charge is -2.46. The Morgan fingerprint density at radius 3 is 1.49 bits per heavy atom. The zero-order valence-corrected chi connectivity index (χ0v) is 30.1. The van der Waals surface area contributed by atoms with E-state index in [1.165, 1.54) is 5.56 Å². The van der Waals surface area contributed by atoms with Gasteiger partial charge in [0.15, 0.2) is 8.32 Å². The van der Waals surface area contributed by atoms with Gasteiger partial charge in [-0.3, -0.25) is 0 Å². The molecule has 0 unspecified atom stereocenters. The van der Waals surface area contributed by atoms with Crippen molar-refractivity contribution in [3.63, 3.8) is 0 Å². The molecule has 1 aliphatic heterocycles. The molecule has 5 nitrogen and oxygen atoms in total. The van der Waals surface area contributed by atoms with Crippen LogP contribution in [0.4, 0.5) is 0 Å². The molecule has 1 saturated heterocycles. The fraction of sp³-hybridized carbons (Fsp3) is 0.400. The summed E-state index contributed by atoms with van der Waals surface area (Å²) in [6.07, 6.45) is -1.57. The molecule has 250 valence electrons. The minimum atomic E-state index is -1.90. The van der Waals surface area contributed by atoms with Crippen molar-refractivity contribution in [2.75, 3.05) is 6.61 Å². The Balaban J connectivity index is 1.51. The van der Waals surface area contributed by atoms with Crippen molar-refractivity contribution < 1.29 is 23.4 Å². The van der Waals surface area contributed by atoms with Gasteiger partial charge in [-0.25, -0.2) is 0 Å². The van der Waals surface area contributed by atoms with Crippen LogP contribution in [0.3, 0.4) is 0 Å². The predicted molar refractivity (Wildman–Crippen MR) is 194 cm³/mol. The Bertz CT molecular complexity index is 1430. The van der Waals surface area contributed by atoms with Gasteiger partial charge in [-0.2, -0.15) is 0 Å². The molecular weight excluding hydrogens is 621 g/mol. The van der Waals surface area contributed by atoms with Gasteiger partial charge in [-0.05, 0) is 53.9 Å². The van der Waals surface area contributed by atoms with Gasteiger partial charge in [0.2, 0.25) is 0 Å². The third-order valence-corrected chi connectivity index (χ3v) is 15.0. The van der Waals surface area contributed by atoms with Gasteiger partial charge in [-0.1, -0.05) is 141 Å². The molecule has 0 aliphatic carbocycles. The van der Waals surface area contributed by atoms with E-state index in [0.29, 0.717) is 26.4 Å². The van der Waals surface area contributed by atoms with Crippen molar-refractivity contribution in [3.8, 4) is 0 Å². The predicted octanol–water partition coefficient (Wildman–Crippen LogP) is 9.59. The molecule has 1 fully saturated rings. The Morgan fingerprint density at radius 1 is 0.574 bits per heavy atom. The first kappa shape index (κ1) is 35.6. The maximum atomic E-state index is 7.06. The zero-order chi connectivity index (χ0) is 32.9. The van der Waals surface area contributed by atoms with Crippen molar-refractivity contribution in [3.05, 3.63) is 138 Å². The molecule has 47 heavy (non-hydrogen) atoms. The molecule has 0 aromatic heterocycles. The molecule has 4 aromatic rings. The number of thioether (sulfide) groups is 1. The summed E-state index contributed by atoms with van der Waals surface area (Å²) in [5.74, 6) is 0. The van der Waals surface area contributed by atoms with Crippen LogP contribution in [0.15, 0.2) is 120 Å². The second kappa shape index (κ2) is 18.1. The first-order valence-corrected chi connectivity index (χ1v) is 20.4. The monoisotopic (exact) mass is 670 g/mol. The number of rotatable bonds is 17. The number of ether oxygens (including phenoxy) is 4. The highest BCUT2D eigenvalue weighted by molar-refractivity contribution is 7.99. The average Bonchev–Trinajstić information content (AvgIpc) is 3.12. The van der Waals surface area contributed by atoms with Crippen LogP contribution in [0, 0.1) is 6.92 Å². The lowest BCUT2D eigenvalue weighted by Crippen LogP contribution is -2.61. The number of benzene rings is 4. The van der Waals surface area contributed by atoms with E-state index in [0.717, 1.165) is 39.7 Å². The number of hydrogen-bond donors (Lipinski definition) is 0. The second-order valence-corrected chi connectivity index (χ2v) is 18.3. The molecule has 0 bridgehead atoms. The van der Waals surface area contributed by atoms with Crippen molar-refractivity contribution in [1.29, 1.82) is 0 Å². The highest BCUT2D eigenvalue weighted by Crippen LogP contribution is 2.39. The highest BCUT2D eigenvalue weighted by atomic mass is 32.2. The summed E-state index contributed by atoms with van der Waals surface area (Å²) >= 11 is 1.69. The Labute approximate surface area is 287 Å². The maximum Gasteiger partial charge on any atom is 0.192 e. The van der Waals surface area contributed by atoms with E-state index in [-0.39, 0.29) is 11.5 Å². The summed E-state index contributed by atoms with van der Waals surface area (Å²) in [4.78, 5) is 1.12. The molecule has 0 N–H and O–H groups in total. The standard InChI is InChI=1S/C40H50O5SSi/c1-5-47(6-2,7-3)44-30-36-37(41-27-32-17-11-8-12-18-32)38(42-28-33-19-13-9-14-20-33)39(43-29-34-21-15-10-16-22-34)40(45-36)46-35-25-23-31(4)24-26-35/h8-26,36-40H,5-7,27-30H2,1-4H3/t36-,37-,38+,39+,40-/m1/s1. The zero-order valence-electron chi connectivity index (χ0n) is 28.3. The summed E-state index contributed by atoms with van der Waals surface area (Å²) in [5.41, 5.74) is 4.19. The number of hydrogen-bond acceptors (Lipinski definition) is 6. The molecule has 5 rings (SSSR count). The lowest BCUT2D eigenvalue weighted by atomic mass is 9.99.